The van der Waals surface area contributed by atoms with Gasteiger partial charge in [0.2, 0.25) is 5.91 Å². The molecule has 0 spiro atoms. The number of thioether (sulfide) groups is 1. The largest absolute Gasteiger partial charge is 0.497 e. The fourth-order valence-electron chi connectivity index (χ4n) is 2.51. The molecule has 0 radical (unpaired) electrons. The zero-order chi connectivity index (χ0) is 20.1. The highest BCUT2D eigenvalue weighted by Crippen LogP contribution is 2.32. The number of methoxy groups -OCH3 is 1. The van der Waals surface area contributed by atoms with Crippen LogP contribution in [0.2, 0.25) is 0 Å². The third-order valence-corrected chi connectivity index (χ3v) is 5.41. The molecule has 8 heteroatoms. The van der Waals surface area contributed by atoms with Crippen molar-refractivity contribution in [2.45, 2.75) is 6.42 Å². The molecule has 3 rings (SSSR count). The summed E-state index contributed by atoms with van der Waals surface area (Å²) in [4.78, 5) is 38.2. The molecular weight excluding hydrogens is 444 g/mol. The van der Waals surface area contributed by atoms with E-state index in [1.54, 1.807) is 49.6 Å². The third kappa shape index (κ3) is 5.02. The van der Waals surface area contributed by atoms with Gasteiger partial charge in [-0.05, 0) is 59.8 Å². The Balaban J connectivity index is 1.59. The second-order valence-electron chi connectivity index (χ2n) is 5.91. The van der Waals surface area contributed by atoms with Gasteiger partial charge in [-0.15, -0.1) is 0 Å². The van der Waals surface area contributed by atoms with Crippen molar-refractivity contribution in [3.63, 3.8) is 0 Å². The molecule has 144 valence electrons. The van der Waals surface area contributed by atoms with Crippen LogP contribution in [0.25, 0.3) is 6.08 Å². The number of amides is 3. The van der Waals surface area contributed by atoms with Gasteiger partial charge in [-0.25, -0.2) is 0 Å². The number of rotatable bonds is 6. The lowest BCUT2D eigenvalue weighted by Gasteiger charge is -2.12. The average Bonchev–Trinajstić information content (AvgIpc) is 2.95. The second-order valence-corrected chi connectivity index (χ2v) is 7.82. The summed E-state index contributed by atoms with van der Waals surface area (Å²) >= 11 is 4.20. The summed E-state index contributed by atoms with van der Waals surface area (Å²) in [6.07, 6.45) is 1.69. The molecule has 1 saturated heterocycles. The zero-order valence-corrected chi connectivity index (χ0v) is 17.4. The first-order chi connectivity index (χ1) is 13.5. The Morgan fingerprint density at radius 3 is 2.46 bits per heavy atom. The molecule has 0 saturated carbocycles. The highest BCUT2D eigenvalue weighted by atomic mass is 79.9. The van der Waals surface area contributed by atoms with E-state index in [-0.39, 0.29) is 30.0 Å². The normalized spacial score (nSPS) is 15.2. The average molecular weight is 461 g/mol. The predicted molar refractivity (Wildman–Crippen MR) is 113 cm³/mol. The van der Waals surface area contributed by atoms with Crippen molar-refractivity contribution < 1.29 is 19.1 Å². The molecule has 0 aromatic heterocycles. The molecule has 3 amide bonds. The van der Waals surface area contributed by atoms with Crippen LogP contribution in [-0.2, 0) is 9.59 Å². The van der Waals surface area contributed by atoms with Crippen LogP contribution in [0.1, 0.15) is 12.0 Å². The van der Waals surface area contributed by atoms with Crippen molar-refractivity contribution in [3.05, 3.63) is 63.5 Å². The number of nitrogens with one attached hydrogen (secondary N) is 1. The summed E-state index contributed by atoms with van der Waals surface area (Å²) in [5.74, 6) is 0.0600. The van der Waals surface area contributed by atoms with Gasteiger partial charge in [0.05, 0.1) is 12.0 Å². The number of nitrogens with zero attached hydrogens (tertiary/aromatic N) is 1. The topological polar surface area (TPSA) is 75.7 Å². The lowest BCUT2D eigenvalue weighted by Crippen LogP contribution is -2.31. The van der Waals surface area contributed by atoms with Crippen LogP contribution >= 0.6 is 27.7 Å². The molecule has 28 heavy (non-hydrogen) atoms. The van der Waals surface area contributed by atoms with Gasteiger partial charge in [-0.1, -0.05) is 28.1 Å². The minimum atomic E-state index is -0.387. The maximum Gasteiger partial charge on any atom is 0.293 e. The van der Waals surface area contributed by atoms with Crippen LogP contribution in [0.3, 0.4) is 0 Å². The Morgan fingerprint density at radius 1 is 1.14 bits per heavy atom. The van der Waals surface area contributed by atoms with Crippen LogP contribution in [0.5, 0.6) is 5.75 Å². The molecule has 0 unspecified atom stereocenters. The fourth-order valence-corrected chi connectivity index (χ4v) is 3.64. The zero-order valence-electron chi connectivity index (χ0n) is 15.0. The maximum atomic E-state index is 12.5. The third-order valence-electron chi connectivity index (χ3n) is 3.98. The first-order valence-corrected chi connectivity index (χ1v) is 10.0. The molecule has 1 fully saturated rings. The second kappa shape index (κ2) is 9.07. The van der Waals surface area contributed by atoms with E-state index in [1.807, 2.05) is 12.1 Å². The number of halogens is 1. The van der Waals surface area contributed by atoms with E-state index in [4.69, 9.17) is 4.74 Å². The Bertz CT molecular complexity index is 926. The lowest BCUT2D eigenvalue weighted by atomic mass is 10.2. The summed E-state index contributed by atoms with van der Waals surface area (Å²) in [5, 5.41) is 2.37. The Hall–Kier alpha value is -2.58. The van der Waals surface area contributed by atoms with Crippen LogP contribution in [-0.4, -0.2) is 35.6 Å². The van der Waals surface area contributed by atoms with Crippen molar-refractivity contribution in [1.82, 2.24) is 4.90 Å². The molecule has 0 aliphatic carbocycles. The van der Waals surface area contributed by atoms with Gasteiger partial charge in [0.25, 0.3) is 11.1 Å². The first-order valence-electron chi connectivity index (χ1n) is 8.41. The fraction of sp³-hybridized carbons (Fsp3) is 0.150. The Kier molecular flexibility index (Phi) is 6.53. The number of hydrogen-bond acceptors (Lipinski definition) is 5. The van der Waals surface area contributed by atoms with E-state index in [0.717, 1.165) is 26.7 Å². The molecule has 1 heterocycles. The molecule has 1 aliphatic rings. The molecule has 2 aromatic carbocycles. The molecule has 1 N–H and O–H groups in total. The van der Waals surface area contributed by atoms with Gasteiger partial charge in [0.15, 0.2) is 0 Å². The van der Waals surface area contributed by atoms with Gasteiger partial charge >= 0.3 is 0 Å². The Morgan fingerprint density at radius 2 is 1.82 bits per heavy atom. The van der Waals surface area contributed by atoms with Crippen molar-refractivity contribution in [3.8, 4) is 5.75 Å². The number of imide groups is 1. The van der Waals surface area contributed by atoms with E-state index in [0.29, 0.717) is 16.3 Å². The standard InChI is InChI=1S/C20H17BrN2O4S/c1-27-16-8-2-13(3-9-16)12-17-19(25)23(20(26)28-17)11-10-18(24)22-15-6-4-14(21)5-7-15/h2-9,12H,10-11H2,1H3,(H,22,24)/b17-12+. The van der Waals surface area contributed by atoms with Crippen molar-refractivity contribution in [2.75, 3.05) is 19.0 Å². The SMILES string of the molecule is COc1ccc(/C=C2/SC(=O)N(CCC(=O)Nc3ccc(Br)cc3)C2=O)cc1. The highest BCUT2D eigenvalue weighted by molar-refractivity contribution is 9.10. The van der Waals surface area contributed by atoms with Gasteiger partial charge in [-0.2, -0.15) is 0 Å². The smallest absolute Gasteiger partial charge is 0.293 e. The molecule has 6 nitrogen and oxygen atoms in total. The number of carbonyl (C=O) groups excluding carboxylic acids is 3. The predicted octanol–water partition coefficient (Wildman–Crippen LogP) is 4.52. The van der Waals surface area contributed by atoms with E-state index in [9.17, 15) is 14.4 Å². The number of benzene rings is 2. The van der Waals surface area contributed by atoms with E-state index in [2.05, 4.69) is 21.2 Å². The van der Waals surface area contributed by atoms with Crippen LogP contribution in [0.15, 0.2) is 57.9 Å². The van der Waals surface area contributed by atoms with Gasteiger partial charge < -0.3 is 10.1 Å². The summed E-state index contributed by atoms with van der Waals surface area (Å²) in [6, 6.07) is 14.3. The molecule has 2 aromatic rings. The molecule has 0 atom stereocenters. The number of ether oxygens (including phenoxy) is 1. The number of anilines is 1. The van der Waals surface area contributed by atoms with Crippen LogP contribution < -0.4 is 10.1 Å². The van der Waals surface area contributed by atoms with E-state index >= 15 is 0 Å². The summed E-state index contributed by atoms with van der Waals surface area (Å²) < 4.78 is 6.01. The maximum absolute atomic E-state index is 12.5. The van der Waals surface area contributed by atoms with Gasteiger partial charge in [-0.3, -0.25) is 19.3 Å². The van der Waals surface area contributed by atoms with Crippen molar-refractivity contribution in [1.29, 1.82) is 0 Å². The molecular formula is C20H17BrN2O4S. The summed E-state index contributed by atoms with van der Waals surface area (Å²) in [6.45, 7) is 0.0347. The van der Waals surface area contributed by atoms with Crippen LogP contribution in [0.4, 0.5) is 10.5 Å². The van der Waals surface area contributed by atoms with E-state index < -0.39 is 0 Å². The van der Waals surface area contributed by atoms with Crippen LogP contribution in [0, 0.1) is 0 Å². The Labute approximate surface area is 175 Å². The monoisotopic (exact) mass is 460 g/mol. The lowest BCUT2D eigenvalue weighted by molar-refractivity contribution is -0.123. The first kappa shape index (κ1) is 20.2. The molecule has 0 bridgehead atoms. The summed E-state index contributed by atoms with van der Waals surface area (Å²) in [7, 11) is 1.58. The number of carbonyl (C=O) groups is 3. The van der Waals surface area contributed by atoms with Gasteiger partial charge in [0.1, 0.15) is 5.75 Å². The molecule has 1 aliphatic heterocycles. The number of hydrogen-bond donors (Lipinski definition) is 1. The van der Waals surface area contributed by atoms with E-state index in [1.165, 1.54) is 0 Å². The summed E-state index contributed by atoms with van der Waals surface area (Å²) in [5.41, 5.74) is 1.45. The van der Waals surface area contributed by atoms with Gasteiger partial charge in [0, 0.05) is 23.1 Å². The minimum absolute atomic E-state index is 0.0317. The van der Waals surface area contributed by atoms with Crippen molar-refractivity contribution >= 4 is 56.5 Å². The van der Waals surface area contributed by atoms with Crippen molar-refractivity contribution in [2.24, 2.45) is 0 Å². The highest BCUT2D eigenvalue weighted by Gasteiger charge is 2.35. The quantitative estimate of drug-likeness (QED) is 0.641. The minimum Gasteiger partial charge on any atom is -0.497 e.